The zero-order valence-corrected chi connectivity index (χ0v) is 21.3. The van der Waals surface area contributed by atoms with Gasteiger partial charge in [-0.05, 0) is 16.8 Å². The van der Waals surface area contributed by atoms with Gasteiger partial charge in [0.15, 0.2) is 7.14 Å². The van der Waals surface area contributed by atoms with Crippen molar-refractivity contribution in [1.82, 2.24) is 15.0 Å². The molecule has 0 atom stereocenters. The molecule has 0 bridgehead atoms. The highest BCUT2D eigenvalue weighted by Crippen LogP contribution is 2.42. The number of para-hydroxylation sites is 1. The molecule has 7 rings (SSSR count). The summed E-state index contributed by atoms with van der Waals surface area (Å²) in [7, 11) is -3.20. The average Bonchev–Trinajstić information content (AvgIpc) is 3.01. The van der Waals surface area contributed by atoms with E-state index < -0.39 is 7.14 Å². The topological polar surface area (TPSA) is 55.7 Å². The van der Waals surface area contributed by atoms with E-state index >= 15 is 0 Å². The van der Waals surface area contributed by atoms with Gasteiger partial charge in [-0.2, -0.15) is 0 Å². The number of hydrogen-bond acceptors (Lipinski definition) is 4. The van der Waals surface area contributed by atoms with Gasteiger partial charge < -0.3 is 4.57 Å². The van der Waals surface area contributed by atoms with Crippen molar-refractivity contribution >= 4 is 55.6 Å². The lowest BCUT2D eigenvalue weighted by Gasteiger charge is -2.19. The van der Waals surface area contributed by atoms with Crippen LogP contribution in [0.3, 0.4) is 0 Å². The Bertz CT molecular complexity index is 1930. The third-order valence-corrected chi connectivity index (χ3v) is 9.96. The molecule has 0 saturated heterocycles. The summed E-state index contributed by atoms with van der Waals surface area (Å²) < 4.78 is 14.7. The van der Waals surface area contributed by atoms with Crippen molar-refractivity contribution in [2.24, 2.45) is 0 Å². The molecule has 0 radical (unpaired) electrons. The Morgan fingerprint density at radius 2 is 1.16 bits per heavy atom. The SMILES string of the molecule is O=P(c1ccccc1)(c1ccccc1)c1cnc(-c2nc3ccccc3c3c2ccc2ccccc23)cn1. The number of fused-ring (bicyclic) bond motifs is 5. The molecule has 7 aromatic rings. The highest BCUT2D eigenvalue weighted by molar-refractivity contribution is 7.85. The standard InChI is InChI=1S/C33H22N3OP/c37-38(24-12-3-1-4-13-24,25-14-5-2-6-15-25)31-22-34-30(21-35-31)33-28-20-19-23-11-7-8-16-26(23)32(28)27-17-9-10-18-29(27)36-33/h1-22H. The van der Waals surface area contributed by atoms with Gasteiger partial charge in [-0.1, -0.05) is 115 Å². The van der Waals surface area contributed by atoms with Crippen molar-refractivity contribution in [2.45, 2.75) is 0 Å². The van der Waals surface area contributed by atoms with E-state index in [1.807, 2.05) is 78.9 Å². The Hall–Kier alpha value is -4.66. The summed E-state index contributed by atoms with van der Waals surface area (Å²) in [4.78, 5) is 14.6. The molecular formula is C33H22N3OP. The highest BCUT2D eigenvalue weighted by atomic mass is 31.2. The van der Waals surface area contributed by atoms with E-state index in [-0.39, 0.29) is 0 Å². The van der Waals surface area contributed by atoms with Crippen LogP contribution < -0.4 is 16.0 Å². The molecule has 0 unspecified atom stereocenters. The van der Waals surface area contributed by atoms with Crippen LogP contribution in [0.4, 0.5) is 0 Å². The molecule has 5 aromatic carbocycles. The molecule has 2 heterocycles. The lowest BCUT2D eigenvalue weighted by Crippen LogP contribution is -2.27. The van der Waals surface area contributed by atoms with Gasteiger partial charge in [0.2, 0.25) is 0 Å². The number of benzene rings is 5. The fraction of sp³-hybridized carbons (Fsp3) is 0. The van der Waals surface area contributed by atoms with E-state index in [0.717, 1.165) is 38.0 Å². The maximum atomic E-state index is 14.7. The lowest BCUT2D eigenvalue weighted by molar-refractivity contribution is 0.592. The second kappa shape index (κ2) is 9.02. The summed E-state index contributed by atoms with van der Waals surface area (Å²) in [6, 6.07) is 39.9. The minimum atomic E-state index is -3.20. The van der Waals surface area contributed by atoms with E-state index in [2.05, 4.69) is 42.5 Å². The number of rotatable bonds is 4. The van der Waals surface area contributed by atoms with E-state index in [0.29, 0.717) is 11.1 Å². The molecule has 0 saturated carbocycles. The van der Waals surface area contributed by atoms with Gasteiger partial charge in [0, 0.05) is 26.8 Å². The van der Waals surface area contributed by atoms with Crippen LogP contribution in [0.25, 0.3) is 43.8 Å². The maximum Gasteiger partial charge on any atom is 0.190 e. The van der Waals surface area contributed by atoms with Crippen molar-refractivity contribution in [1.29, 1.82) is 0 Å². The largest absolute Gasteiger partial charge is 0.307 e. The molecular weight excluding hydrogens is 485 g/mol. The highest BCUT2D eigenvalue weighted by Gasteiger charge is 2.31. The Balaban J connectivity index is 1.45. The lowest BCUT2D eigenvalue weighted by atomic mass is 9.97. The molecule has 0 spiro atoms. The van der Waals surface area contributed by atoms with Crippen LogP contribution >= 0.6 is 7.14 Å². The van der Waals surface area contributed by atoms with Gasteiger partial charge in [0.1, 0.15) is 11.1 Å². The number of nitrogens with zero attached hydrogens (tertiary/aromatic N) is 3. The quantitative estimate of drug-likeness (QED) is 0.198. The van der Waals surface area contributed by atoms with Crippen LogP contribution in [-0.4, -0.2) is 15.0 Å². The van der Waals surface area contributed by atoms with Gasteiger partial charge in [-0.15, -0.1) is 0 Å². The number of pyridine rings is 1. The molecule has 0 N–H and O–H groups in total. The van der Waals surface area contributed by atoms with Gasteiger partial charge >= 0.3 is 0 Å². The second-order valence-corrected chi connectivity index (χ2v) is 11.9. The first-order valence-corrected chi connectivity index (χ1v) is 14.2. The van der Waals surface area contributed by atoms with E-state index in [1.54, 1.807) is 12.4 Å². The van der Waals surface area contributed by atoms with Crippen LogP contribution in [0, 0.1) is 0 Å². The maximum absolute atomic E-state index is 14.7. The molecule has 4 nitrogen and oxygen atoms in total. The van der Waals surface area contributed by atoms with Gasteiger partial charge in [0.05, 0.1) is 23.6 Å². The summed E-state index contributed by atoms with van der Waals surface area (Å²) in [5.41, 5.74) is 2.76. The average molecular weight is 508 g/mol. The molecule has 5 heteroatoms. The molecule has 2 aromatic heterocycles. The van der Waals surface area contributed by atoms with Gasteiger partial charge in [-0.25, -0.2) is 9.97 Å². The Labute approximate surface area is 220 Å². The first-order valence-electron chi connectivity index (χ1n) is 12.5. The van der Waals surface area contributed by atoms with Gasteiger partial charge in [-0.3, -0.25) is 4.98 Å². The molecule has 38 heavy (non-hydrogen) atoms. The molecule has 0 aliphatic carbocycles. The van der Waals surface area contributed by atoms with Crippen LogP contribution in [0.1, 0.15) is 0 Å². The van der Waals surface area contributed by atoms with Crippen molar-refractivity contribution in [2.75, 3.05) is 0 Å². The second-order valence-electron chi connectivity index (χ2n) is 9.23. The first kappa shape index (κ1) is 22.5. The fourth-order valence-corrected chi connectivity index (χ4v) is 7.66. The van der Waals surface area contributed by atoms with Crippen molar-refractivity contribution in [3.63, 3.8) is 0 Å². The van der Waals surface area contributed by atoms with Crippen LogP contribution in [0.15, 0.2) is 134 Å². The third-order valence-electron chi connectivity index (χ3n) is 7.03. The van der Waals surface area contributed by atoms with E-state index in [4.69, 9.17) is 15.0 Å². The van der Waals surface area contributed by atoms with Crippen molar-refractivity contribution in [3.8, 4) is 11.4 Å². The summed E-state index contributed by atoms with van der Waals surface area (Å²) in [6.07, 6.45) is 3.36. The normalized spacial score (nSPS) is 11.8. The zero-order valence-electron chi connectivity index (χ0n) is 20.4. The number of hydrogen-bond donors (Lipinski definition) is 0. The fourth-order valence-electron chi connectivity index (χ4n) is 5.21. The van der Waals surface area contributed by atoms with Crippen LogP contribution in [0.2, 0.25) is 0 Å². The monoisotopic (exact) mass is 507 g/mol. The Morgan fingerprint density at radius 3 is 1.84 bits per heavy atom. The van der Waals surface area contributed by atoms with E-state index in [1.165, 1.54) is 10.8 Å². The summed E-state index contributed by atoms with van der Waals surface area (Å²) >= 11 is 0. The van der Waals surface area contributed by atoms with Crippen LogP contribution in [-0.2, 0) is 4.57 Å². The minimum Gasteiger partial charge on any atom is -0.307 e. The van der Waals surface area contributed by atoms with Gasteiger partial charge in [0.25, 0.3) is 0 Å². The minimum absolute atomic E-state index is 0.453. The Kier molecular flexibility index (Phi) is 5.35. The van der Waals surface area contributed by atoms with Crippen molar-refractivity contribution in [3.05, 3.63) is 134 Å². The summed E-state index contributed by atoms with van der Waals surface area (Å²) in [6.45, 7) is 0. The van der Waals surface area contributed by atoms with Crippen molar-refractivity contribution < 1.29 is 4.57 Å². The van der Waals surface area contributed by atoms with E-state index in [9.17, 15) is 4.57 Å². The third kappa shape index (κ3) is 3.53. The number of aromatic nitrogens is 3. The van der Waals surface area contributed by atoms with Crippen LogP contribution in [0.5, 0.6) is 0 Å². The Morgan fingerprint density at radius 1 is 0.526 bits per heavy atom. The smallest absolute Gasteiger partial charge is 0.190 e. The molecule has 0 amide bonds. The first-order chi connectivity index (χ1) is 18.7. The summed E-state index contributed by atoms with van der Waals surface area (Å²) in [5.74, 6) is 0. The predicted octanol–water partition coefficient (Wildman–Crippen LogP) is 6.64. The summed E-state index contributed by atoms with van der Waals surface area (Å²) in [5, 5.41) is 7.07. The molecule has 0 aliphatic heterocycles. The molecule has 0 fully saturated rings. The molecule has 180 valence electrons. The zero-order chi connectivity index (χ0) is 25.5. The molecule has 0 aliphatic rings. The predicted molar refractivity (Wildman–Crippen MR) is 157 cm³/mol.